The minimum Gasteiger partial charge on any atom is -0.463 e. The Hall–Kier alpha value is -4.83. The quantitative estimate of drug-likeness (QED) is 0.0146. The van der Waals surface area contributed by atoms with Crippen molar-refractivity contribution in [3.8, 4) is 0 Å². The van der Waals surface area contributed by atoms with Gasteiger partial charge in [-0.25, -0.2) is 9.13 Å². The van der Waals surface area contributed by atoms with Crippen LogP contribution in [-0.2, 0) is 55.8 Å². The smallest absolute Gasteiger partial charge is 0.463 e. The number of phosphoric acid groups is 2. The van der Waals surface area contributed by atoms with Gasteiger partial charge in [-0.05, 0) is 141 Å². The second-order valence-corrected chi connectivity index (χ2v) is 27.6. The molecule has 0 heterocycles. The molecule has 16 nitrogen and oxygen atoms in total. The van der Waals surface area contributed by atoms with E-state index in [1.165, 1.54) is 83.5 Å². The zero-order valence-corrected chi connectivity index (χ0v) is 63.1. The number of phosphoric ester groups is 2. The molecule has 0 bridgehead atoms. The van der Waals surface area contributed by atoms with Gasteiger partial charge in [0.2, 0.25) is 0 Å². The van der Waals surface area contributed by atoms with Gasteiger partial charge >= 0.3 is 33.6 Å². The van der Waals surface area contributed by atoms with Crippen LogP contribution >= 0.6 is 15.6 Å². The van der Waals surface area contributed by atoms with Crippen molar-refractivity contribution < 1.29 is 75.8 Å². The second kappa shape index (κ2) is 72.9. The molecule has 0 saturated carbocycles. The molecule has 0 spiro atoms. The van der Waals surface area contributed by atoms with Crippen LogP contribution in [0.5, 0.6) is 0 Å². The maximum absolute atomic E-state index is 12.9. The first kappa shape index (κ1) is 94.2. The van der Waals surface area contributed by atoms with Crippen LogP contribution in [0.25, 0.3) is 0 Å². The highest BCUT2D eigenvalue weighted by atomic mass is 31.2. The molecule has 0 radical (unpaired) electrons. The standard InChI is InChI=1S/C81H134O16P2/c1-4-7-10-13-16-19-22-25-28-31-32-33-34-35-36-37-38-39-40-41-42-45-47-49-52-55-58-61-64-67-79(84)91-70-76(82)71-93-98(87,88)94-72-77(83)73-95-99(89,90)96-75-78(97-81(86)69-66-63-60-57-54-51-48-44-30-27-24-21-18-15-12-9-6-3)74-92-80(85)68-65-62-59-56-53-50-46-43-29-26-23-20-17-14-11-8-5-2/h8-9,11-12,16-21,25-30,32-33,35-36,46,48,50-51,56,59,76-78,82-83H,4-7,10,13-15,22-24,31,34,37-45,47,49,52-55,57-58,60-75H2,1-3H3,(H,87,88)(H,89,90)/b11-8-,12-9-,19-16-,20-17-,21-18-,28-25-,29-26-,30-27-,33-32-,36-35-,50-46-,51-48-,59-56-. The van der Waals surface area contributed by atoms with E-state index in [4.69, 9.17) is 32.3 Å². The van der Waals surface area contributed by atoms with Crippen molar-refractivity contribution in [2.45, 2.75) is 296 Å². The van der Waals surface area contributed by atoms with E-state index in [2.05, 4.69) is 167 Å². The molecule has 0 aliphatic carbocycles. The molecule has 0 aliphatic rings. The maximum atomic E-state index is 12.9. The molecule has 5 atom stereocenters. The van der Waals surface area contributed by atoms with Crippen LogP contribution in [0.4, 0.5) is 0 Å². The van der Waals surface area contributed by atoms with E-state index in [1.54, 1.807) is 0 Å². The van der Waals surface area contributed by atoms with E-state index in [0.29, 0.717) is 25.7 Å². The largest absolute Gasteiger partial charge is 0.472 e. The van der Waals surface area contributed by atoms with Gasteiger partial charge in [-0.15, -0.1) is 0 Å². The van der Waals surface area contributed by atoms with Gasteiger partial charge in [0.25, 0.3) is 0 Å². The van der Waals surface area contributed by atoms with Gasteiger partial charge in [0, 0.05) is 19.3 Å². The fourth-order valence-electron chi connectivity index (χ4n) is 9.52. The average Bonchev–Trinajstić information content (AvgIpc) is 2.31. The molecular formula is C81H134O16P2. The number of allylic oxidation sites excluding steroid dienone is 26. The summed E-state index contributed by atoms with van der Waals surface area (Å²) in [5.41, 5.74) is 0. The van der Waals surface area contributed by atoms with Crippen molar-refractivity contribution in [1.82, 2.24) is 0 Å². The number of hydrogen-bond acceptors (Lipinski definition) is 14. The third-order valence-electron chi connectivity index (χ3n) is 15.2. The molecule has 99 heavy (non-hydrogen) atoms. The van der Waals surface area contributed by atoms with E-state index in [-0.39, 0.29) is 19.3 Å². The second-order valence-electron chi connectivity index (χ2n) is 24.7. The predicted molar refractivity (Wildman–Crippen MR) is 408 cm³/mol. The first-order chi connectivity index (χ1) is 48.2. The number of aliphatic hydroxyl groups excluding tert-OH is 2. The van der Waals surface area contributed by atoms with Crippen LogP contribution in [0.15, 0.2) is 158 Å². The van der Waals surface area contributed by atoms with Gasteiger partial charge in [-0.1, -0.05) is 275 Å². The third kappa shape index (κ3) is 74.2. The van der Waals surface area contributed by atoms with Gasteiger partial charge < -0.3 is 34.2 Å². The highest BCUT2D eigenvalue weighted by Crippen LogP contribution is 2.45. The summed E-state index contributed by atoms with van der Waals surface area (Å²) in [5.74, 6) is -1.68. The molecule has 564 valence electrons. The number of unbranched alkanes of at least 4 members (excludes halogenated alkanes) is 21. The van der Waals surface area contributed by atoms with Gasteiger partial charge in [0.1, 0.15) is 25.4 Å². The van der Waals surface area contributed by atoms with Crippen molar-refractivity contribution in [2.24, 2.45) is 0 Å². The van der Waals surface area contributed by atoms with Crippen molar-refractivity contribution in [3.63, 3.8) is 0 Å². The Morgan fingerprint density at radius 2 is 0.545 bits per heavy atom. The molecule has 0 aromatic rings. The number of carbonyl (C=O) groups is 3. The summed E-state index contributed by atoms with van der Waals surface area (Å²) in [4.78, 5) is 58.5. The maximum Gasteiger partial charge on any atom is 0.472 e. The minimum atomic E-state index is -4.95. The molecule has 0 aromatic carbocycles. The number of ether oxygens (including phenoxy) is 3. The summed E-state index contributed by atoms with van der Waals surface area (Å²) in [5, 5.41) is 20.6. The van der Waals surface area contributed by atoms with Crippen LogP contribution in [0.2, 0.25) is 0 Å². The lowest BCUT2D eigenvalue weighted by atomic mass is 10.0. The van der Waals surface area contributed by atoms with Crippen LogP contribution in [0.3, 0.4) is 0 Å². The molecule has 0 amide bonds. The third-order valence-corrected chi connectivity index (χ3v) is 17.1. The number of aliphatic hydroxyl groups is 2. The molecule has 0 fully saturated rings. The number of rotatable bonds is 70. The van der Waals surface area contributed by atoms with Crippen molar-refractivity contribution in [2.75, 3.05) is 39.6 Å². The monoisotopic (exact) mass is 1420 g/mol. The van der Waals surface area contributed by atoms with E-state index in [1.807, 2.05) is 12.2 Å². The average molecular weight is 1430 g/mol. The van der Waals surface area contributed by atoms with Crippen LogP contribution in [-0.4, -0.2) is 95.9 Å². The summed E-state index contributed by atoms with van der Waals surface area (Å²) in [6, 6.07) is 0. The van der Waals surface area contributed by atoms with Crippen LogP contribution < -0.4 is 0 Å². The summed E-state index contributed by atoms with van der Waals surface area (Å²) in [7, 11) is -9.82. The lowest BCUT2D eigenvalue weighted by Gasteiger charge is -2.21. The van der Waals surface area contributed by atoms with Gasteiger partial charge in [0.15, 0.2) is 6.10 Å². The lowest BCUT2D eigenvalue weighted by Crippen LogP contribution is -2.30. The molecule has 0 rings (SSSR count). The fraction of sp³-hybridized carbons (Fsp3) is 0.642. The molecular weight excluding hydrogens is 1290 g/mol. The first-order valence-electron chi connectivity index (χ1n) is 37.8. The summed E-state index contributed by atoms with van der Waals surface area (Å²) in [6.07, 6.45) is 90.2. The lowest BCUT2D eigenvalue weighted by molar-refractivity contribution is -0.161. The summed E-state index contributed by atoms with van der Waals surface area (Å²) < 4.78 is 61.0. The van der Waals surface area contributed by atoms with E-state index in [0.717, 1.165) is 128 Å². The van der Waals surface area contributed by atoms with Crippen molar-refractivity contribution in [1.29, 1.82) is 0 Å². The highest BCUT2D eigenvalue weighted by molar-refractivity contribution is 7.47. The number of hydrogen-bond donors (Lipinski definition) is 4. The van der Waals surface area contributed by atoms with Gasteiger partial charge in [-0.2, -0.15) is 0 Å². The zero-order chi connectivity index (χ0) is 72.3. The number of esters is 3. The Balaban J connectivity index is 4.59. The molecule has 0 aromatic heterocycles. The summed E-state index contributed by atoms with van der Waals surface area (Å²) in [6.45, 7) is 2.31. The highest BCUT2D eigenvalue weighted by Gasteiger charge is 2.29. The first-order valence-corrected chi connectivity index (χ1v) is 40.8. The van der Waals surface area contributed by atoms with E-state index >= 15 is 0 Å². The Morgan fingerprint density at radius 3 is 0.889 bits per heavy atom. The Bertz CT molecular complexity index is 2430. The fourth-order valence-corrected chi connectivity index (χ4v) is 11.1. The minimum absolute atomic E-state index is 0.0587. The van der Waals surface area contributed by atoms with Gasteiger partial charge in [0.05, 0.1) is 26.4 Å². The van der Waals surface area contributed by atoms with Crippen molar-refractivity contribution >= 4 is 33.6 Å². The predicted octanol–water partition coefficient (Wildman–Crippen LogP) is 21.9. The topological polar surface area (TPSA) is 231 Å². The van der Waals surface area contributed by atoms with Crippen molar-refractivity contribution in [3.05, 3.63) is 158 Å². The normalized spacial score (nSPS) is 14.9. The number of carbonyl (C=O) groups excluding carboxylic acids is 3. The van der Waals surface area contributed by atoms with Gasteiger partial charge in [-0.3, -0.25) is 32.5 Å². The van der Waals surface area contributed by atoms with Crippen LogP contribution in [0.1, 0.15) is 278 Å². The van der Waals surface area contributed by atoms with E-state index < -0.39 is 91.5 Å². The summed E-state index contributed by atoms with van der Waals surface area (Å²) >= 11 is 0. The Kier molecular flexibility index (Phi) is 69.4. The Morgan fingerprint density at radius 1 is 0.293 bits per heavy atom. The Labute approximate surface area is 600 Å². The molecule has 4 N–H and O–H groups in total. The molecule has 0 aliphatic heterocycles. The van der Waals surface area contributed by atoms with E-state index in [9.17, 15) is 43.5 Å². The molecule has 18 heteroatoms. The SMILES string of the molecule is CC/C=C\C/C=C\C/C=C\C/C=C\C/C=C\CCCC(=O)OCC(COP(=O)(O)OCC(O)COP(=O)(O)OCC(O)COC(=O)CCCCCCCCCCCCCCC/C=C\C/C=C\C/C=C\C/C=C\CCCCC)OC(=O)CCCCCC/C=C\C/C=C\C/C=C\C/C=C\CC. The molecule has 0 saturated heterocycles. The van der Waals surface area contributed by atoms with Crippen LogP contribution in [0, 0.1) is 0 Å². The zero-order valence-electron chi connectivity index (χ0n) is 61.4. The molecule has 5 unspecified atom stereocenters.